The van der Waals surface area contributed by atoms with Crippen LogP contribution in [0.4, 0.5) is 4.79 Å². The minimum Gasteiger partial charge on any atom is -0.322 e. The molecular formula is C21H23N3O3. The van der Waals surface area contributed by atoms with Crippen LogP contribution < -0.4 is 10.7 Å². The van der Waals surface area contributed by atoms with Crippen molar-refractivity contribution in [2.75, 3.05) is 0 Å². The summed E-state index contributed by atoms with van der Waals surface area (Å²) in [6.07, 6.45) is 3.13. The van der Waals surface area contributed by atoms with Gasteiger partial charge in [-0.25, -0.2) is 4.79 Å². The lowest BCUT2D eigenvalue weighted by Gasteiger charge is -2.33. The van der Waals surface area contributed by atoms with Crippen LogP contribution in [0, 0.1) is 5.92 Å². The van der Waals surface area contributed by atoms with Crippen molar-refractivity contribution in [3.05, 3.63) is 48.0 Å². The average Bonchev–Trinajstić information content (AvgIpc) is 2.88. The molecule has 0 atom stereocenters. The first-order valence-electron chi connectivity index (χ1n) is 9.41. The Morgan fingerprint density at radius 3 is 2.59 bits per heavy atom. The van der Waals surface area contributed by atoms with Gasteiger partial charge in [-0.3, -0.25) is 15.0 Å². The van der Waals surface area contributed by atoms with Gasteiger partial charge in [-0.2, -0.15) is 5.01 Å². The van der Waals surface area contributed by atoms with Gasteiger partial charge < -0.3 is 5.32 Å². The fourth-order valence-electron chi connectivity index (χ4n) is 4.01. The monoisotopic (exact) mass is 365 g/mol. The van der Waals surface area contributed by atoms with E-state index in [0.717, 1.165) is 34.2 Å². The minimum atomic E-state index is -0.847. The van der Waals surface area contributed by atoms with Crippen LogP contribution >= 0.6 is 0 Å². The van der Waals surface area contributed by atoms with Gasteiger partial charge in [0.25, 0.3) is 5.91 Å². The van der Waals surface area contributed by atoms with Crippen LogP contribution in [-0.4, -0.2) is 28.4 Å². The van der Waals surface area contributed by atoms with E-state index >= 15 is 0 Å². The maximum Gasteiger partial charge on any atom is 0.344 e. The van der Waals surface area contributed by atoms with Gasteiger partial charge >= 0.3 is 6.03 Å². The van der Waals surface area contributed by atoms with Crippen molar-refractivity contribution in [2.45, 2.75) is 44.6 Å². The molecule has 2 aromatic carbocycles. The summed E-state index contributed by atoms with van der Waals surface area (Å²) < 4.78 is 0. The molecule has 1 heterocycles. The third-order valence-corrected chi connectivity index (χ3v) is 5.70. The zero-order valence-electron chi connectivity index (χ0n) is 15.3. The van der Waals surface area contributed by atoms with E-state index < -0.39 is 11.6 Å². The van der Waals surface area contributed by atoms with Crippen LogP contribution in [0.1, 0.15) is 38.2 Å². The van der Waals surface area contributed by atoms with E-state index in [-0.39, 0.29) is 18.2 Å². The predicted octanol–water partition coefficient (Wildman–Crippen LogP) is 2.91. The summed E-state index contributed by atoms with van der Waals surface area (Å²) in [6.45, 7) is 2.15. The molecule has 2 aliphatic rings. The first-order chi connectivity index (χ1) is 13.0. The van der Waals surface area contributed by atoms with Gasteiger partial charge in [-0.15, -0.1) is 0 Å². The lowest BCUT2D eigenvalue weighted by Crippen LogP contribution is -2.51. The van der Waals surface area contributed by atoms with Crippen LogP contribution in [0.3, 0.4) is 0 Å². The van der Waals surface area contributed by atoms with Crippen molar-refractivity contribution in [3.8, 4) is 0 Å². The fourth-order valence-corrected chi connectivity index (χ4v) is 4.01. The summed E-state index contributed by atoms with van der Waals surface area (Å²) in [5.41, 5.74) is 2.48. The fraction of sp³-hybridized carbons (Fsp3) is 0.381. The van der Waals surface area contributed by atoms with E-state index in [1.165, 1.54) is 0 Å². The van der Waals surface area contributed by atoms with Crippen LogP contribution in [0.5, 0.6) is 0 Å². The molecule has 27 heavy (non-hydrogen) atoms. The van der Waals surface area contributed by atoms with Gasteiger partial charge in [0, 0.05) is 0 Å². The van der Waals surface area contributed by atoms with E-state index in [0.29, 0.717) is 18.8 Å². The predicted molar refractivity (Wildman–Crippen MR) is 102 cm³/mol. The van der Waals surface area contributed by atoms with Crippen LogP contribution in [0.2, 0.25) is 0 Å². The summed E-state index contributed by atoms with van der Waals surface area (Å²) in [4.78, 5) is 37.5. The minimum absolute atomic E-state index is 0.103. The van der Waals surface area contributed by atoms with Crippen molar-refractivity contribution < 1.29 is 14.4 Å². The topological polar surface area (TPSA) is 78.5 Å². The molecule has 2 fully saturated rings. The number of rotatable bonds is 3. The molecular weight excluding hydrogens is 342 g/mol. The molecule has 1 aliphatic heterocycles. The smallest absolute Gasteiger partial charge is 0.322 e. The Balaban J connectivity index is 1.44. The molecule has 6 nitrogen and oxygen atoms in total. The standard InChI is InChI=1S/C21H23N3O3/c1-14-8-10-21(11-9-14)19(26)24(20(27)22-21)23-18(25)13-15-6-7-16-4-2-3-5-17(16)12-15/h2-7,12,14H,8-11,13H2,1H3,(H,22,27)(H,23,25). The highest BCUT2D eigenvalue weighted by Crippen LogP contribution is 2.35. The molecule has 0 bridgehead atoms. The Morgan fingerprint density at radius 1 is 1.15 bits per heavy atom. The molecule has 1 spiro atoms. The van der Waals surface area contributed by atoms with E-state index in [1.807, 2.05) is 42.5 Å². The number of urea groups is 1. The number of nitrogens with zero attached hydrogens (tertiary/aromatic N) is 1. The van der Waals surface area contributed by atoms with Gasteiger partial charge in [0.05, 0.1) is 6.42 Å². The highest BCUT2D eigenvalue weighted by molar-refractivity contribution is 6.08. The highest BCUT2D eigenvalue weighted by Gasteiger charge is 2.52. The molecule has 1 saturated carbocycles. The number of carbonyl (C=O) groups excluding carboxylic acids is 3. The molecule has 0 unspecified atom stereocenters. The highest BCUT2D eigenvalue weighted by atomic mass is 16.2. The summed E-state index contributed by atoms with van der Waals surface area (Å²) in [7, 11) is 0. The first kappa shape index (κ1) is 17.5. The van der Waals surface area contributed by atoms with Crippen molar-refractivity contribution in [1.82, 2.24) is 15.8 Å². The largest absolute Gasteiger partial charge is 0.344 e. The second-order valence-electron chi connectivity index (χ2n) is 7.73. The summed E-state index contributed by atoms with van der Waals surface area (Å²) in [5, 5.41) is 5.82. The van der Waals surface area contributed by atoms with E-state index in [4.69, 9.17) is 0 Å². The van der Waals surface area contributed by atoms with Crippen LogP contribution in [-0.2, 0) is 16.0 Å². The molecule has 6 heteroatoms. The van der Waals surface area contributed by atoms with Crippen molar-refractivity contribution in [1.29, 1.82) is 0 Å². The summed E-state index contributed by atoms with van der Waals surface area (Å²) in [6, 6.07) is 13.2. The summed E-state index contributed by atoms with van der Waals surface area (Å²) in [5.74, 6) is -0.168. The molecule has 140 valence electrons. The second-order valence-corrected chi connectivity index (χ2v) is 7.73. The Labute approximate surface area is 157 Å². The number of hydrogen-bond acceptors (Lipinski definition) is 3. The SMILES string of the molecule is CC1CCC2(CC1)NC(=O)N(NC(=O)Cc1ccc3ccccc3c1)C2=O. The molecule has 0 aromatic heterocycles. The molecule has 2 aromatic rings. The third-order valence-electron chi connectivity index (χ3n) is 5.70. The Bertz CT molecular complexity index is 916. The quantitative estimate of drug-likeness (QED) is 0.821. The van der Waals surface area contributed by atoms with E-state index in [1.54, 1.807) is 0 Å². The van der Waals surface area contributed by atoms with Gasteiger partial charge in [0.15, 0.2) is 0 Å². The maximum atomic E-state index is 12.8. The Morgan fingerprint density at radius 2 is 1.85 bits per heavy atom. The van der Waals surface area contributed by atoms with Gasteiger partial charge in [-0.05, 0) is 47.9 Å². The number of fused-ring (bicyclic) bond motifs is 1. The van der Waals surface area contributed by atoms with E-state index in [9.17, 15) is 14.4 Å². The molecule has 0 radical (unpaired) electrons. The van der Waals surface area contributed by atoms with Gasteiger partial charge in [-0.1, -0.05) is 49.4 Å². The number of hydrazine groups is 1. The zero-order chi connectivity index (χ0) is 19.0. The number of nitrogens with one attached hydrogen (secondary N) is 2. The normalized spacial score (nSPS) is 25.1. The number of imide groups is 1. The molecule has 1 saturated heterocycles. The Hall–Kier alpha value is -2.89. The van der Waals surface area contributed by atoms with Crippen molar-refractivity contribution in [2.24, 2.45) is 5.92 Å². The van der Waals surface area contributed by atoms with E-state index in [2.05, 4.69) is 17.7 Å². The second kappa shape index (κ2) is 6.68. The van der Waals surface area contributed by atoms with Gasteiger partial charge in [0.1, 0.15) is 5.54 Å². The van der Waals surface area contributed by atoms with Crippen LogP contribution in [0.25, 0.3) is 10.8 Å². The zero-order valence-corrected chi connectivity index (χ0v) is 15.3. The third kappa shape index (κ3) is 3.27. The molecule has 4 rings (SSSR count). The number of hydrogen-bond donors (Lipinski definition) is 2. The number of benzene rings is 2. The lowest BCUT2D eigenvalue weighted by molar-refractivity contribution is -0.139. The molecule has 1 aliphatic carbocycles. The number of amides is 4. The first-order valence-corrected chi connectivity index (χ1v) is 9.41. The average molecular weight is 365 g/mol. The van der Waals surface area contributed by atoms with Crippen molar-refractivity contribution >= 4 is 28.6 Å². The van der Waals surface area contributed by atoms with Gasteiger partial charge in [0.2, 0.25) is 5.91 Å². The van der Waals surface area contributed by atoms with Crippen molar-refractivity contribution in [3.63, 3.8) is 0 Å². The van der Waals surface area contributed by atoms with Crippen LogP contribution in [0.15, 0.2) is 42.5 Å². The number of carbonyl (C=O) groups is 3. The maximum absolute atomic E-state index is 12.8. The lowest BCUT2D eigenvalue weighted by atomic mass is 9.77. The summed E-state index contributed by atoms with van der Waals surface area (Å²) >= 11 is 0. The molecule has 4 amide bonds. The molecule has 2 N–H and O–H groups in total. The Kier molecular flexibility index (Phi) is 4.34.